The van der Waals surface area contributed by atoms with Crippen molar-refractivity contribution in [1.29, 1.82) is 0 Å². The van der Waals surface area contributed by atoms with E-state index in [1.165, 1.54) is 168 Å². The average Bonchev–Trinajstić information content (AvgIpc) is 1.60. The van der Waals surface area contributed by atoms with Crippen LogP contribution in [0.5, 0.6) is 0 Å². The van der Waals surface area contributed by atoms with E-state index >= 15 is 0 Å². The number of aryl methyl sites for hydroxylation is 1. The molecule has 31 heteroatoms. The van der Waals surface area contributed by atoms with Crippen molar-refractivity contribution >= 4 is 259 Å². The van der Waals surface area contributed by atoms with Crippen LogP contribution in [0, 0.1) is 6.92 Å². The van der Waals surface area contributed by atoms with Crippen LogP contribution in [-0.4, -0.2) is 87.3 Å². The Bertz CT molecular complexity index is 5400. The second kappa shape index (κ2) is 47.4. The van der Waals surface area contributed by atoms with E-state index in [0.29, 0.717) is 94.2 Å². The van der Waals surface area contributed by atoms with Crippen molar-refractivity contribution in [3.8, 4) is 20.9 Å². The predicted molar refractivity (Wildman–Crippen MR) is 524 cm³/mol. The van der Waals surface area contributed by atoms with Gasteiger partial charge in [-0.2, -0.15) is 34.9 Å². The number of imide groups is 3. The van der Waals surface area contributed by atoms with Gasteiger partial charge in [-0.25, -0.2) is 0 Å². The smallest absolute Gasteiger partial charge is 0.0134 e. The molecule has 5 aliphatic heterocycles. The molecule has 0 aliphatic carbocycles. The van der Waals surface area contributed by atoms with Crippen LogP contribution < -0.4 is 31.8 Å². The van der Waals surface area contributed by atoms with Crippen molar-refractivity contribution in [1.82, 2.24) is 32.2 Å². The molecule has 5 aromatic heterocycles. The van der Waals surface area contributed by atoms with Crippen LogP contribution in [0.2, 0.25) is 0 Å². The number of benzene rings is 8. The molecule has 0 spiro atoms. The number of hydrogen-bond donors (Lipinski definition) is 0. The molecular formula is C92H91Br2Cl2N11O6P2PdS7. The standard InChI is InChI=1S/C34H36N6O4S4.2C18H15P.C15H21NO2S.C6Br2N4S2.CH4.2ClH.Pd/c1-3-5-7-9-11-13-15-39-31(41)19-17-21(45-29(19)33(39)43)23-25-27(37-47-35-25)24(28-26(23)36-48-38-28)22-18-20-30(46-22)34(44)40(32(20)42)16-14-12-10-8-6-4-2;2*1-4-10-16(11-5-1)19(17-12-6-2-7-13-17)18-14-8-3-9-15-18;1-3-4-5-6-7-8-9-16-14(17)12-10-11(2)19-13(12)15(16)18;7-1-3-5(11-13-9-3)2(8)6-4(1)10-14-12-6;;;;/h17-18H,3-16H2,1-2H3;2*1-15H;10H,3-9H2,1-2H3;;1H4;2*1H;/q;;;;;;;;+2/p-2. The van der Waals surface area contributed by atoms with Gasteiger partial charge in [-0.3, -0.25) is 43.5 Å². The number of amides is 6. The number of unbranched alkanes of at least 4 members (excludes halogenated alkanes) is 15. The molecule has 13 aromatic rings. The molecule has 123 heavy (non-hydrogen) atoms. The number of fused-ring (bicyclic) bond motifs is 7. The summed E-state index contributed by atoms with van der Waals surface area (Å²) < 4.78 is 37.1. The first kappa shape index (κ1) is 94.7. The Labute approximate surface area is 782 Å². The SMILES string of the molecule is Brc1c2c(c(Br)c3nsnc13)N=S=N2.C.CCCCCCCCN1C(=O)c2cc(-c3c4c(c(-c5cc6c(s5)C(=O)N(CCCCCCCC)C6=O)c5nsnc35)N=S=N4)sc2C1=O.CCCCCCCCN1C(=O)c2cc(C)sc2C1=O.[Cl][Pd][Cl].c1ccc(P(c2ccccc2)c2ccccc2)cc1.c1ccc(P(c2ccccc2)c2ccccc2)cc1. The number of nitrogens with zero attached hydrogens (tertiary/aromatic N) is 11. The van der Waals surface area contributed by atoms with Crippen molar-refractivity contribution in [2.45, 2.75) is 151 Å². The summed E-state index contributed by atoms with van der Waals surface area (Å²) in [6.07, 6.45) is 20.0. The second-order valence-electron chi connectivity index (χ2n) is 28.8. The van der Waals surface area contributed by atoms with Crippen molar-refractivity contribution in [2.75, 3.05) is 19.6 Å². The molecule has 8 aromatic carbocycles. The molecule has 18 rings (SSSR count). The Kier molecular flexibility index (Phi) is 36.5. The van der Waals surface area contributed by atoms with E-state index in [4.69, 9.17) is 19.1 Å². The van der Waals surface area contributed by atoms with Gasteiger partial charge in [0, 0.05) is 45.4 Å². The average molecular weight is 2070 g/mol. The normalized spacial score (nSPS) is 13.0. The van der Waals surface area contributed by atoms with Crippen LogP contribution in [0.15, 0.2) is 227 Å². The predicted octanol–water partition coefficient (Wildman–Crippen LogP) is 26.6. The molecular weight excluding hydrogens is 1980 g/mol. The van der Waals surface area contributed by atoms with E-state index in [1.54, 1.807) is 12.1 Å². The molecule has 640 valence electrons. The topological polar surface area (TPSA) is 213 Å². The Morgan fingerprint density at radius 3 is 0.870 bits per heavy atom. The monoisotopic (exact) mass is 2070 g/mol. The first-order chi connectivity index (χ1) is 59.7. The molecule has 0 saturated carbocycles. The van der Waals surface area contributed by atoms with E-state index < -0.39 is 15.8 Å². The van der Waals surface area contributed by atoms with Crippen molar-refractivity contribution in [3.05, 3.63) is 245 Å². The van der Waals surface area contributed by atoms with Crippen LogP contribution in [0.3, 0.4) is 0 Å². The summed E-state index contributed by atoms with van der Waals surface area (Å²) in [5.41, 5.74) is 8.53. The molecule has 17 nitrogen and oxygen atoms in total. The molecule has 0 radical (unpaired) electrons. The molecule has 0 bridgehead atoms. The van der Waals surface area contributed by atoms with Gasteiger partial charge in [-0.15, -0.1) is 34.0 Å². The fourth-order valence-corrected chi connectivity index (χ4v) is 26.3. The number of hydrogen-bond acceptors (Lipinski definition) is 19. The minimum absolute atomic E-state index is 0. The van der Waals surface area contributed by atoms with Gasteiger partial charge >= 0.3 is 35.0 Å². The van der Waals surface area contributed by atoms with E-state index in [0.717, 1.165) is 111 Å². The molecule has 0 atom stereocenters. The summed E-state index contributed by atoms with van der Waals surface area (Å²) in [5.74, 6) is -1.19. The third kappa shape index (κ3) is 22.8. The largest absolute Gasteiger partial charge is 0.0622 e. The Balaban J connectivity index is 0.000000153. The van der Waals surface area contributed by atoms with Crippen LogP contribution in [0.25, 0.3) is 42.9 Å². The van der Waals surface area contributed by atoms with E-state index in [9.17, 15) is 28.8 Å². The zero-order valence-electron chi connectivity index (χ0n) is 67.4. The summed E-state index contributed by atoms with van der Waals surface area (Å²) in [7, 11) is 8.74. The summed E-state index contributed by atoms with van der Waals surface area (Å²) in [6, 6.07) is 70.0. The van der Waals surface area contributed by atoms with Gasteiger partial charge in [0.05, 0.1) is 71.8 Å². The van der Waals surface area contributed by atoms with E-state index in [-0.39, 0.29) is 58.8 Å². The van der Waals surface area contributed by atoms with Gasteiger partial charge < -0.3 is 0 Å². The third-order valence-electron chi connectivity index (χ3n) is 20.6. The number of thiophene rings is 3. The fraction of sp³-hybridized carbons (Fsp3) is 0.283. The summed E-state index contributed by atoms with van der Waals surface area (Å²) in [5, 5.41) is 8.39. The molecule has 6 amide bonds. The maximum Gasteiger partial charge on any atom is -0.0134 e. The Hall–Kier alpha value is -7.38. The van der Waals surface area contributed by atoms with Gasteiger partial charge in [0.15, 0.2) is 0 Å². The first-order valence-corrected chi connectivity index (χ1v) is 54.2. The molecule has 0 N–H and O–H groups in total. The number of rotatable bonds is 29. The van der Waals surface area contributed by atoms with Crippen LogP contribution >= 0.6 is 124 Å². The fourth-order valence-electron chi connectivity index (χ4n) is 14.6. The number of carbonyl (C=O) groups excluding carboxylic acids is 6. The van der Waals surface area contributed by atoms with Crippen LogP contribution in [-0.2, 0) is 38.6 Å². The quantitative estimate of drug-likeness (QED) is 0.0187. The van der Waals surface area contributed by atoms with Gasteiger partial charge in [-0.05, 0) is 124 Å². The molecule has 5 aliphatic rings. The third-order valence-corrected chi connectivity index (χ3v) is 32.4. The maximum absolute atomic E-state index is 13.3. The number of halogens is 4. The molecule has 10 heterocycles. The van der Waals surface area contributed by atoms with Gasteiger partial charge in [0.25, 0.3) is 35.4 Å². The number of aromatic nitrogens is 4. The van der Waals surface area contributed by atoms with E-state index in [2.05, 4.69) is 270 Å². The summed E-state index contributed by atoms with van der Waals surface area (Å²) in [4.78, 5) is 85.7. The van der Waals surface area contributed by atoms with Crippen LogP contribution in [0.1, 0.15) is 209 Å². The zero-order valence-corrected chi connectivity index (χ0v) is 81.1. The number of carbonyl (C=O) groups is 6. The minimum atomic E-state index is -0.446. The molecule has 0 saturated heterocycles. The Morgan fingerprint density at radius 1 is 0.341 bits per heavy atom. The van der Waals surface area contributed by atoms with Crippen molar-refractivity contribution in [3.63, 3.8) is 0 Å². The van der Waals surface area contributed by atoms with Crippen molar-refractivity contribution in [2.24, 2.45) is 17.5 Å². The zero-order chi connectivity index (χ0) is 85.4. The maximum atomic E-state index is 13.3. The first-order valence-electron chi connectivity index (χ1n) is 40.5. The van der Waals surface area contributed by atoms with Crippen LogP contribution in [0.4, 0.5) is 22.7 Å². The molecule has 0 fully saturated rings. The summed E-state index contributed by atoms with van der Waals surface area (Å²) in [6.45, 7) is 9.93. The molecule has 0 unspecified atom stereocenters. The summed E-state index contributed by atoms with van der Waals surface area (Å²) >= 11 is 15.3. The van der Waals surface area contributed by atoms with E-state index in [1.807, 2.05) is 13.0 Å². The van der Waals surface area contributed by atoms with Gasteiger partial charge in [0.2, 0.25) is 0 Å². The van der Waals surface area contributed by atoms with Crippen molar-refractivity contribution < 1.29 is 44.7 Å². The Morgan fingerprint density at radius 2 is 0.593 bits per heavy atom. The minimum Gasteiger partial charge on any atom is -0.0622 e. The second-order valence-corrected chi connectivity index (χ2v) is 42.7. The van der Waals surface area contributed by atoms with Gasteiger partial charge in [0.1, 0.15) is 59.4 Å². The van der Waals surface area contributed by atoms with Gasteiger partial charge in [-0.1, -0.05) is 307 Å².